The molecule has 1 rings (SSSR count). The number of halogens is 3. The first-order valence-corrected chi connectivity index (χ1v) is 9.51. The Morgan fingerprint density at radius 2 is 1.70 bits per heavy atom. The molecule has 0 spiro atoms. The Labute approximate surface area is 160 Å². The molecule has 0 aliphatic heterocycles. The van der Waals surface area contributed by atoms with E-state index in [0.717, 1.165) is 37.7 Å². The number of nitrogens with two attached hydrogens (primary N) is 1. The Kier molecular flexibility index (Phi) is 8.33. The van der Waals surface area contributed by atoms with Gasteiger partial charge in [0, 0.05) is 6.42 Å². The van der Waals surface area contributed by atoms with E-state index >= 15 is 0 Å². The fraction of sp³-hybridized carbons (Fsp3) is 0.667. The van der Waals surface area contributed by atoms with Crippen LogP contribution in [0.3, 0.4) is 0 Å². The summed E-state index contributed by atoms with van der Waals surface area (Å²) in [5.41, 5.74) is 4.56. The van der Waals surface area contributed by atoms with Crippen molar-refractivity contribution in [3.05, 3.63) is 35.4 Å². The van der Waals surface area contributed by atoms with Gasteiger partial charge in [-0.25, -0.2) is 0 Å². The molecule has 0 fully saturated rings. The monoisotopic (exact) mass is 387 g/mol. The van der Waals surface area contributed by atoms with E-state index in [1.807, 2.05) is 12.1 Å². The summed E-state index contributed by atoms with van der Waals surface area (Å²) in [6, 6.07) is 7.30. The van der Waals surface area contributed by atoms with E-state index in [4.69, 9.17) is 10.5 Å². The lowest BCUT2D eigenvalue weighted by Gasteiger charge is -2.32. The summed E-state index contributed by atoms with van der Waals surface area (Å²) in [4.78, 5) is 12.4. The molecule has 2 N–H and O–H groups in total. The molecule has 0 heterocycles. The van der Waals surface area contributed by atoms with Crippen LogP contribution in [-0.4, -0.2) is 23.3 Å². The molecule has 6 heteroatoms. The van der Waals surface area contributed by atoms with Crippen LogP contribution in [0.25, 0.3) is 0 Å². The summed E-state index contributed by atoms with van der Waals surface area (Å²) in [5.74, 6) is -1.03. The highest BCUT2D eigenvalue weighted by atomic mass is 19.4. The maximum atomic E-state index is 13.1. The summed E-state index contributed by atoms with van der Waals surface area (Å²) >= 11 is 0. The Morgan fingerprint density at radius 1 is 1.07 bits per heavy atom. The average Bonchev–Trinajstić information content (AvgIpc) is 2.48. The normalized spacial score (nSPS) is 14.7. The molecule has 0 aliphatic carbocycles. The summed E-state index contributed by atoms with van der Waals surface area (Å²) in [6.45, 7) is 6.96. The Morgan fingerprint density at radius 3 is 2.26 bits per heavy atom. The number of esters is 1. The van der Waals surface area contributed by atoms with Crippen molar-refractivity contribution >= 4 is 5.97 Å². The zero-order valence-electron chi connectivity index (χ0n) is 16.8. The van der Waals surface area contributed by atoms with Gasteiger partial charge in [-0.3, -0.25) is 4.79 Å². The van der Waals surface area contributed by atoms with Crippen molar-refractivity contribution in [2.45, 2.75) is 90.0 Å². The number of unbranched alkanes of at least 4 members (excludes halogenated alkanes) is 3. The number of carbonyl (C=O) groups is 1. The van der Waals surface area contributed by atoms with Crippen molar-refractivity contribution in [1.82, 2.24) is 0 Å². The second-order valence-corrected chi connectivity index (χ2v) is 8.26. The standard InChI is InChI=1S/C21H32F3NO2/c1-5-6-7-8-10-16-11-9-12-17(13-16)14-20(25,15-21(22,23)24)18(26)27-19(2,3)4/h9,11-13H,5-8,10,14-15,25H2,1-4H3/t20-/m0/s1. The Bertz CT molecular complexity index is 608. The van der Waals surface area contributed by atoms with Crippen LogP contribution in [-0.2, 0) is 22.4 Å². The van der Waals surface area contributed by atoms with Crippen LogP contribution in [0.1, 0.15) is 70.9 Å². The molecule has 27 heavy (non-hydrogen) atoms. The van der Waals surface area contributed by atoms with E-state index in [1.165, 1.54) is 0 Å². The summed E-state index contributed by atoms with van der Waals surface area (Å²) in [6.07, 6.45) is -0.896. The van der Waals surface area contributed by atoms with E-state index in [2.05, 4.69) is 6.92 Å². The number of benzene rings is 1. The number of hydrogen-bond donors (Lipinski definition) is 1. The summed E-state index contributed by atoms with van der Waals surface area (Å²) < 4.78 is 44.4. The smallest absolute Gasteiger partial charge is 0.391 e. The fourth-order valence-electron chi connectivity index (χ4n) is 2.96. The van der Waals surface area contributed by atoms with Gasteiger partial charge in [-0.2, -0.15) is 13.2 Å². The van der Waals surface area contributed by atoms with Gasteiger partial charge in [0.25, 0.3) is 0 Å². The van der Waals surface area contributed by atoms with Crippen LogP contribution in [0.5, 0.6) is 0 Å². The van der Waals surface area contributed by atoms with Crippen molar-refractivity contribution in [2.75, 3.05) is 0 Å². The first-order chi connectivity index (χ1) is 12.3. The molecular weight excluding hydrogens is 355 g/mol. The molecule has 0 aliphatic rings. The average molecular weight is 387 g/mol. The van der Waals surface area contributed by atoms with E-state index < -0.39 is 29.7 Å². The minimum Gasteiger partial charge on any atom is -0.459 e. The maximum absolute atomic E-state index is 13.1. The van der Waals surface area contributed by atoms with Gasteiger partial charge in [-0.1, -0.05) is 50.5 Å². The highest BCUT2D eigenvalue weighted by Gasteiger charge is 2.47. The molecule has 0 unspecified atom stereocenters. The van der Waals surface area contributed by atoms with Gasteiger partial charge in [0.2, 0.25) is 0 Å². The first-order valence-electron chi connectivity index (χ1n) is 9.51. The molecule has 1 aromatic rings. The number of hydrogen-bond acceptors (Lipinski definition) is 3. The molecule has 0 saturated heterocycles. The molecule has 1 atom stereocenters. The third-order valence-corrected chi connectivity index (χ3v) is 4.15. The topological polar surface area (TPSA) is 52.3 Å². The van der Waals surface area contributed by atoms with Gasteiger partial charge in [0.05, 0.1) is 6.42 Å². The first kappa shape index (κ1) is 23.5. The highest BCUT2D eigenvalue weighted by molar-refractivity contribution is 5.81. The van der Waals surface area contributed by atoms with Crippen LogP contribution in [0.4, 0.5) is 13.2 Å². The van der Waals surface area contributed by atoms with Crippen molar-refractivity contribution in [1.29, 1.82) is 0 Å². The quantitative estimate of drug-likeness (QED) is 0.459. The minimum atomic E-state index is -4.57. The van der Waals surface area contributed by atoms with Crippen LogP contribution in [0.2, 0.25) is 0 Å². The number of ether oxygens (including phenoxy) is 1. The number of aryl methyl sites for hydroxylation is 1. The van der Waals surface area contributed by atoms with Crippen LogP contribution in [0.15, 0.2) is 24.3 Å². The molecular formula is C21H32F3NO2. The Balaban J connectivity index is 2.96. The van der Waals surface area contributed by atoms with Crippen molar-refractivity contribution in [3.8, 4) is 0 Å². The lowest BCUT2D eigenvalue weighted by Crippen LogP contribution is -2.55. The molecule has 154 valence electrons. The van der Waals surface area contributed by atoms with Gasteiger partial charge < -0.3 is 10.5 Å². The van der Waals surface area contributed by atoms with Crippen molar-refractivity contribution in [2.24, 2.45) is 5.73 Å². The van der Waals surface area contributed by atoms with Crippen LogP contribution >= 0.6 is 0 Å². The third kappa shape index (κ3) is 9.27. The predicted molar refractivity (Wildman–Crippen MR) is 101 cm³/mol. The number of alkyl halides is 3. The van der Waals surface area contributed by atoms with E-state index in [-0.39, 0.29) is 6.42 Å². The summed E-state index contributed by atoms with van der Waals surface area (Å²) in [7, 11) is 0. The SMILES string of the molecule is CCCCCCc1cccc(C[C@](N)(CC(F)(F)F)C(=O)OC(C)(C)C)c1. The van der Waals surface area contributed by atoms with Crippen LogP contribution < -0.4 is 5.73 Å². The van der Waals surface area contributed by atoms with E-state index in [1.54, 1.807) is 32.9 Å². The largest absolute Gasteiger partial charge is 0.459 e. The zero-order valence-corrected chi connectivity index (χ0v) is 16.8. The Hall–Kier alpha value is -1.56. The lowest BCUT2D eigenvalue weighted by molar-refractivity contribution is -0.179. The number of rotatable bonds is 9. The molecule has 0 bridgehead atoms. The minimum absolute atomic E-state index is 0.218. The molecule has 0 amide bonds. The molecule has 0 saturated carbocycles. The van der Waals surface area contributed by atoms with E-state index in [0.29, 0.717) is 5.56 Å². The third-order valence-electron chi connectivity index (χ3n) is 4.15. The highest BCUT2D eigenvalue weighted by Crippen LogP contribution is 2.31. The molecule has 0 radical (unpaired) electrons. The van der Waals surface area contributed by atoms with Gasteiger partial charge in [0.15, 0.2) is 0 Å². The van der Waals surface area contributed by atoms with Gasteiger partial charge in [-0.15, -0.1) is 0 Å². The van der Waals surface area contributed by atoms with Crippen molar-refractivity contribution in [3.63, 3.8) is 0 Å². The predicted octanol–water partition coefficient (Wildman–Crippen LogP) is 5.34. The van der Waals surface area contributed by atoms with Crippen molar-refractivity contribution < 1.29 is 22.7 Å². The fourth-order valence-corrected chi connectivity index (χ4v) is 2.96. The van der Waals surface area contributed by atoms with Gasteiger partial charge >= 0.3 is 12.1 Å². The molecule has 0 aromatic heterocycles. The van der Waals surface area contributed by atoms with Gasteiger partial charge in [-0.05, 0) is 44.7 Å². The van der Waals surface area contributed by atoms with Gasteiger partial charge in [0.1, 0.15) is 11.1 Å². The summed E-state index contributed by atoms with van der Waals surface area (Å²) in [5, 5.41) is 0. The zero-order chi connectivity index (χ0) is 20.7. The second-order valence-electron chi connectivity index (χ2n) is 8.26. The second kappa shape index (κ2) is 9.58. The maximum Gasteiger partial charge on any atom is 0.391 e. The van der Waals surface area contributed by atoms with E-state index in [9.17, 15) is 18.0 Å². The molecule has 3 nitrogen and oxygen atoms in total. The lowest BCUT2D eigenvalue weighted by atomic mass is 9.87. The van der Waals surface area contributed by atoms with Crippen LogP contribution in [0, 0.1) is 0 Å². The number of carbonyl (C=O) groups excluding carboxylic acids is 1. The molecule has 1 aromatic carbocycles.